The predicted molar refractivity (Wildman–Crippen MR) is 82.6 cm³/mol. The number of benzene rings is 1. The van der Waals surface area contributed by atoms with Gasteiger partial charge in [-0.25, -0.2) is 9.59 Å². The first-order valence-corrected chi connectivity index (χ1v) is 7.34. The highest BCUT2D eigenvalue weighted by atomic mass is 16.8. The monoisotopic (exact) mass is 354 g/mol. The van der Waals surface area contributed by atoms with E-state index < -0.39 is 36.2 Å². The molecule has 0 bridgehead atoms. The number of aliphatic hydroxyl groups is 1. The molecule has 0 radical (unpaired) electrons. The van der Waals surface area contributed by atoms with Gasteiger partial charge in [0.15, 0.2) is 0 Å². The first-order chi connectivity index (χ1) is 11.7. The molecule has 2 atom stereocenters. The van der Waals surface area contributed by atoms with E-state index in [1.807, 2.05) is 0 Å². The van der Waals surface area contributed by atoms with E-state index in [4.69, 9.17) is 15.9 Å². The van der Waals surface area contributed by atoms with Crippen molar-refractivity contribution >= 4 is 23.9 Å². The Morgan fingerprint density at radius 2 is 1.80 bits per heavy atom. The van der Waals surface area contributed by atoms with E-state index in [0.29, 0.717) is 0 Å². The van der Waals surface area contributed by atoms with Crippen LogP contribution in [-0.4, -0.2) is 57.0 Å². The fourth-order valence-electron chi connectivity index (χ4n) is 2.76. The van der Waals surface area contributed by atoms with Crippen LogP contribution in [0.3, 0.4) is 0 Å². The molecule has 10 heteroatoms. The smallest absolute Gasteiger partial charge is 0.450 e. The lowest BCUT2D eigenvalue weighted by molar-refractivity contribution is -0.239. The second kappa shape index (κ2) is 6.85. The van der Waals surface area contributed by atoms with E-state index in [2.05, 4.69) is 9.47 Å². The Labute approximate surface area is 142 Å². The van der Waals surface area contributed by atoms with Crippen molar-refractivity contribution in [2.45, 2.75) is 25.4 Å². The van der Waals surface area contributed by atoms with Crippen LogP contribution in [0, 0.1) is 5.92 Å². The second-order valence-corrected chi connectivity index (χ2v) is 5.66. The third-order valence-corrected chi connectivity index (χ3v) is 3.96. The zero-order chi connectivity index (χ0) is 18.8. The summed E-state index contributed by atoms with van der Waals surface area (Å²) in [5.74, 6) is -3.84. The number of amides is 1. The summed E-state index contributed by atoms with van der Waals surface area (Å²) in [4.78, 5) is 35.8. The number of carbonyl (C=O) groups excluding carboxylic acids is 1. The lowest BCUT2D eigenvalue weighted by atomic mass is 10.0. The Morgan fingerprint density at radius 3 is 2.28 bits per heavy atom. The topological polar surface area (TPSA) is 160 Å². The average Bonchev–Trinajstić information content (AvgIpc) is 2.84. The van der Waals surface area contributed by atoms with Gasteiger partial charge in [0, 0.05) is 18.2 Å². The van der Waals surface area contributed by atoms with Gasteiger partial charge in [-0.1, -0.05) is 12.1 Å². The molecule has 2 rings (SSSR count). The molecule has 0 saturated carbocycles. The first kappa shape index (κ1) is 18.3. The molecule has 1 heterocycles. The van der Waals surface area contributed by atoms with Crippen LogP contribution in [0.4, 0.5) is 15.3 Å². The van der Waals surface area contributed by atoms with Crippen LogP contribution in [-0.2, 0) is 9.47 Å². The molecular formula is C15H18N2O8. The van der Waals surface area contributed by atoms with Crippen LogP contribution in [0.1, 0.15) is 23.7 Å². The van der Waals surface area contributed by atoms with Crippen LogP contribution in [0.15, 0.2) is 24.3 Å². The molecule has 0 aromatic heterocycles. The van der Waals surface area contributed by atoms with Crippen molar-refractivity contribution in [3.63, 3.8) is 0 Å². The molecule has 1 aromatic carbocycles. The quantitative estimate of drug-likeness (QED) is 0.353. The third-order valence-electron chi connectivity index (χ3n) is 3.96. The van der Waals surface area contributed by atoms with Crippen molar-refractivity contribution < 1.29 is 39.2 Å². The number of hydrogen-bond acceptors (Lipinski definition) is 7. The zero-order valence-electron chi connectivity index (χ0n) is 13.3. The molecular weight excluding hydrogens is 336 g/mol. The first-order valence-electron chi connectivity index (χ1n) is 7.34. The molecule has 1 aliphatic heterocycles. The molecule has 25 heavy (non-hydrogen) atoms. The number of para-hydroxylation sites is 1. The van der Waals surface area contributed by atoms with Gasteiger partial charge in [0.25, 0.3) is 5.91 Å². The highest BCUT2D eigenvalue weighted by Gasteiger charge is 2.56. The Balaban J connectivity index is 2.48. The number of ether oxygens (including phenoxy) is 2. The maximum Gasteiger partial charge on any atom is 0.510 e. The number of aliphatic hydroxyl groups excluding tert-OH is 1. The minimum absolute atomic E-state index is 0.0288. The van der Waals surface area contributed by atoms with Crippen LogP contribution in [0.2, 0.25) is 0 Å². The zero-order valence-corrected chi connectivity index (χ0v) is 13.3. The number of likely N-dealkylation sites (tertiary alicyclic amines) is 1. The van der Waals surface area contributed by atoms with Crippen LogP contribution < -0.4 is 5.73 Å². The fourth-order valence-corrected chi connectivity index (χ4v) is 2.76. The number of anilines is 1. The molecule has 0 spiro atoms. The molecule has 10 nitrogen and oxygen atoms in total. The van der Waals surface area contributed by atoms with Gasteiger partial charge in [0.1, 0.15) is 0 Å². The summed E-state index contributed by atoms with van der Waals surface area (Å²) in [5.41, 5.74) is 5.91. The number of carboxylic acid groups (broad SMARTS) is 2. The minimum atomic E-state index is -2.40. The predicted octanol–water partition coefficient (Wildman–Crippen LogP) is 1.15. The molecule has 1 fully saturated rings. The molecule has 1 aromatic rings. The highest BCUT2D eigenvalue weighted by Crippen LogP contribution is 2.39. The van der Waals surface area contributed by atoms with Gasteiger partial charge < -0.3 is 30.5 Å². The number of nitrogen functional groups attached to an aromatic ring is 1. The van der Waals surface area contributed by atoms with Gasteiger partial charge in [-0.15, -0.1) is 0 Å². The summed E-state index contributed by atoms with van der Waals surface area (Å²) in [5, 5.41) is 27.8. The summed E-state index contributed by atoms with van der Waals surface area (Å²) < 4.78 is 9.30. The Kier molecular flexibility index (Phi) is 5.02. The minimum Gasteiger partial charge on any atom is -0.450 e. The van der Waals surface area contributed by atoms with Crippen molar-refractivity contribution in [3.05, 3.63) is 29.8 Å². The lowest BCUT2D eigenvalue weighted by Gasteiger charge is -2.34. The van der Waals surface area contributed by atoms with E-state index in [-0.39, 0.29) is 24.2 Å². The molecule has 2 unspecified atom stereocenters. The van der Waals surface area contributed by atoms with E-state index >= 15 is 0 Å². The maximum atomic E-state index is 12.8. The molecule has 1 amide bonds. The number of nitrogens with zero attached hydrogens (tertiary/aromatic N) is 1. The van der Waals surface area contributed by atoms with Crippen molar-refractivity contribution in [1.82, 2.24) is 4.90 Å². The van der Waals surface area contributed by atoms with Gasteiger partial charge in [-0.3, -0.25) is 9.69 Å². The molecule has 1 saturated heterocycles. The van der Waals surface area contributed by atoms with Crippen LogP contribution >= 0.6 is 0 Å². The van der Waals surface area contributed by atoms with Crippen molar-refractivity contribution in [1.29, 1.82) is 0 Å². The van der Waals surface area contributed by atoms with E-state index in [1.165, 1.54) is 19.1 Å². The molecule has 0 aliphatic carbocycles. The Hall–Kier alpha value is -3.01. The van der Waals surface area contributed by atoms with Crippen LogP contribution in [0.25, 0.3) is 0 Å². The van der Waals surface area contributed by atoms with Gasteiger partial charge >= 0.3 is 18.2 Å². The van der Waals surface area contributed by atoms with Gasteiger partial charge in [0.05, 0.1) is 18.1 Å². The number of nitrogens with two attached hydrogens (primary N) is 1. The van der Waals surface area contributed by atoms with Gasteiger partial charge in [0.2, 0.25) is 0 Å². The summed E-state index contributed by atoms with van der Waals surface area (Å²) in [6.45, 7) is 1.26. The lowest BCUT2D eigenvalue weighted by Crippen LogP contribution is -2.53. The van der Waals surface area contributed by atoms with Gasteiger partial charge in [-0.2, -0.15) is 0 Å². The SMILES string of the molecule is CC(O)C1CN(C(=O)c2ccccc2N)C(OC(=O)O)(OC(=O)O)C1. The standard InChI is InChI=1S/C15H18N2O8/c1-8(18)9-6-15(24-13(20)21,25-14(22)23)17(7-9)12(19)10-4-2-3-5-11(10)16/h2-5,8-9,18H,6-7,16H2,1H3,(H,20,21)(H,22,23). The second-order valence-electron chi connectivity index (χ2n) is 5.66. The number of rotatable bonds is 4. The molecule has 136 valence electrons. The van der Waals surface area contributed by atoms with E-state index in [1.54, 1.807) is 12.1 Å². The maximum absolute atomic E-state index is 12.8. The Bertz CT molecular complexity index is 674. The van der Waals surface area contributed by atoms with Crippen molar-refractivity contribution in [3.8, 4) is 0 Å². The largest absolute Gasteiger partial charge is 0.510 e. The fraction of sp³-hybridized carbons (Fsp3) is 0.400. The van der Waals surface area contributed by atoms with Crippen LogP contribution in [0.5, 0.6) is 0 Å². The summed E-state index contributed by atoms with van der Waals surface area (Å²) in [6.07, 6.45) is -4.96. The van der Waals surface area contributed by atoms with Gasteiger partial charge in [-0.05, 0) is 19.1 Å². The summed E-state index contributed by atoms with van der Waals surface area (Å²) in [6, 6.07) is 6.01. The van der Waals surface area contributed by atoms with Crippen molar-refractivity contribution in [2.24, 2.45) is 5.92 Å². The third kappa shape index (κ3) is 3.74. The normalized spacial score (nSPS) is 19.9. The Morgan fingerprint density at radius 1 is 1.24 bits per heavy atom. The number of hydrogen-bond donors (Lipinski definition) is 4. The average molecular weight is 354 g/mol. The highest BCUT2D eigenvalue weighted by molar-refractivity contribution is 5.99. The molecule has 1 aliphatic rings. The molecule has 5 N–H and O–H groups in total. The summed E-state index contributed by atoms with van der Waals surface area (Å²) in [7, 11) is 0. The van der Waals surface area contributed by atoms with E-state index in [9.17, 15) is 19.5 Å². The van der Waals surface area contributed by atoms with E-state index in [0.717, 1.165) is 4.90 Å². The summed E-state index contributed by atoms with van der Waals surface area (Å²) >= 11 is 0. The number of carbonyl (C=O) groups is 3. The van der Waals surface area contributed by atoms with Crippen molar-refractivity contribution in [2.75, 3.05) is 12.3 Å².